The predicted octanol–water partition coefficient (Wildman–Crippen LogP) is 1.17. The van der Waals surface area contributed by atoms with E-state index in [-0.39, 0.29) is 6.54 Å². The number of benzene rings is 1. The van der Waals surface area contributed by atoms with Gasteiger partial charge in [-0.05, 0) is 37.5 Å². The van der Waals surface area contributed by atoms with Gasteiger partial charge in [0.1, 0.15) is 0 Å². The quantitative estimate of drug-likeness (QED) is 0.861. The van der Waals surface area contributed by atoms with E-state index in [2.05, 4.69) is 0 Å². The van der Waals surface area contributed by atoms with Gasteiger partial charge < -0.3 is 5.73 Å². The van der Waals surface area contributed by atoms with Crippen molar-refractivity contribution in [3.63, 3.8) is 0 Å². The van der Waals surface area contributed by atoms with Gasteiger partial charge in [0.15, 0.2) is 0 Å². The highest BCUT2D eigenvalue weighted by molar-refractivity contribution is 7.93. The second-order valence-corrected chi connectivity index (χ2v) is 6.69. The van der Waals surface area contributed by atoms with E-state index in [9.17, 15) is 8.42 Å². The lowest BCUT2D eigenvalue weighted by Crippen LogP contribution is -2.33. The SMILES string of the molecule is Cc1ccc(C)c(N2CCC(CN)S2(=O)=O)c1. The van der Waals surface area contributed by atoms with Gasteiger partial charge in [-0.2, -0.15) is 0 Å². The summed E-state index contributed by atoms with van der Waals surface area (Å²) >= 11 is 0. The molecule has 1 atom stereocenters. The molecule has 2 N–H and O–H groups in total. The van der Waals surface area contributed by atoms with Crippen molar-refractivity contribution in [1.29, 1.82) is 0 Å². The zero-order valence-electron chi connectivity index (χ0n) is 10.2. The molecule has 0 saturated carbocycles. The van der Waals surface area contributed by atoms with Crippen molar-refractivity contribution in [2.45, 2.75) is 25.5 Å². The summed E-state index contributed by atoms with van der Waals surface area (Å²) in [5.41, 5.74) is 8.35. The Morgan fingerprint density at radius 3 is 2.71 bits per heavy atom. The Labute approximate surface area is 102 Å². The molecule has 1 unspecified atom stereocenters. The van der Waals surface area contributed by atoms with Crippen molar-refractivity contribution in [3.8, 4) is 0 Å². The molecule has 0 aliphatic carbocycles. The van der Waals surface area contributed by atoms with Gasteiger partial charge in [-0.15, -0.1) is 0 Å². The van der Waals surface area contributed by atoms with Crippen LogP contribution in [-0.4, -0.2) is 26.8 Å². The maximum absolute atomic E-state index is 12.2. The topological polar surface area (TPSA) is 63.4 Å². The van der Waals surface area contributed by atoms with Crippen LogP contribution in [0.2, 0.25) is 0 Å². The van der Waals surface area contributed by atoms with Crippen LogP contribution in [0.1, 0.15) is 17.5 Å². The Morgan fingerprint density at radius 2 is 2.12 bits per heavy atom. The van der Waals surface area contributed by atoms with E-state index in [0.717, 1.165) is 16.8 Å². The van der Waals surface area contributed by atoms with Crippen molar-refractivity contribution in [1.82, 2.24) is 0 Å². The Bertz CT molecular complexity index is 525. The highest BCUT2D eigenvalue weighted by Gasteiger charge is 2.38. The standard InChI is InChI=1S/C12H18N2O2S/c1-9-3-4-10(2)12(7-9)14-6-5-11(8-13)17(14,15)16/h3-4,7,11H,5-6,8,13H2,1-2H3. The molecule has 2 rings (SSSR count). The molecule has 1 saturated heterocycles. The van der Waals surface area contributed by atoms with Crippen LogP contribution in [-0.2, 0) is 10.0 Å². The first-order chi connectivity index (χ1) is 7.96. The fourth-order valence-corrected chi connectivity index (χ4v) is 4.04. The number of nitrogens with two attached hydrogens (primary N) is 1. The molecule has 0 aromatic heterocycles. The molecule has 1 heterocycles. The number of nitrogens with zero attached hydrogens (tertiary/aromatic N) is 1. The zero-order chi connectivity index (χ0) is 12.6. The van der Waals surface area contributed by atoms with Gasteiger partial charge in [-0.3, -0.25) is 4.31 Å². The van der Waals surface area contributed by atoms with Gasteiger partial charge in [0.05, 0.1) is 10.9 Å². The fourth-order valence-electron chi connectivity index (χ4n) is 2.20. The van der Waals surface area contributed by atoms with Gasteiger partial charge in [0.25, 0.3) is 0 Å². The van der Waals surface area contributed by atoms with Crippen LogP contribution in [0, 0.1) is 13.8 Å². The third kappa shape index (κ3) is 2.05. The lowest BCUT2D eigenvalue weighted by atomic mass is 10.1. The average Bonchev–Trinajstić information content (AvgIpc) is 2.57. The third-order valence-corrected chi connectivity index (χ3v) is 5.54. The number of anilines is 1. The maximum atomic E-state index is 12.2. The highest BCUT2D eigenvalue weighted by Crippen LogP contribution is 2.31. The molecule has 1 aromatic rings. The summed E-state index contributed by atoms with van der Waals surface area (Å²) in [6, 6.07) is 5.86. The van der Waals surface area contributed by atoms with Crippen molar-refractivity contribution in [3.05, 3.63) is 29.3 Å². The molecule has 0 amide bonds. The first-order valence-electron chi connectivity index (χ1n) is 5.75. The molecule has 0 bridgehead atoms. The molecule has 5 heteroatoms. The minimum Gasteiger partial charge on any atom is -0.329 e. The van der Waals surface area contributed by atoms with E-state index in [1.165, 1.54) is 4.31 Å². The smallest absolute Gasteiger partial charge is 0.239 e. The molecule has 0 radical (unpaired) electrons. The van der Waals surface area contributed by atoms with Gasteiger partial charge in [0, 0.05) is 13.1 Å². The van der Waals surface area contributed by atoms with E-state index < -0.39 is 15.3 Å². The van der Waals surface area contributed by atoms with Crippen LogP contribution in [0.3, 0.4) is 0 Å². The summed E-state index contributed by atoms with van der Waals surface area (Å²) < 4.78 is 26.0. The lowest BCUT2D eigenvalue weighted by Gasteiger charge is -2.21. The monoisotopic (exact) mass is 254 g/mol. The minimum absolute atomic E-state index is 0.198. The summed E-state index contributed by atoms with van der Waals surface area (Å²) in [6.07, 6.45) is 0.617. The van der Waals surface area contributed by atoms with Gasteiger partial charge in [-0.25, -0.2) is 8.42 Å². The van der Waals surface area contributed by atoms with E-state index in [1.807, 2.05) is 32.0 Å². The van der Waals surface area contributed by atoms with Crippen LogP contribution in [0.15, 0.2) is 18.2 Å². The number of aryl methyl sites for hydroxylation is 2. The van der Waals surface area contributed by atoms with Crippen LogP contribution >= 0.6 is 0 Å². The summed E-state index contributed by atoms with van der Waals surface area (Å²) in [5.74, 6) is 0. The maximum Gasteiger partial charge on any atom is 0.239 e. The number of sulfonamides is 1. The lowest BCUT2D eigenvalue weighted by molar-refractivity contribution is 0.588. The molecular formula is C12H18N2O2S. The Balaban J connectivity index is 2.45. The Morgan fingerprint density at radius 1 is 1.41 bits per heavy atom. The second-order valence-electron chi connectivity index (χ2n) is 4.55. The van der Waals surface area contributed by atoms with Crippen LogP contribution in [0.5, 0.6) is 0 Å². The molecular weight excluding hydrogens is 236 g/mol. The summed E-state index contributed by atoms with van der Waals surface area (Å²) in [5, 5.41) is -0.428. The van der Waals surface area contributed by atoms with Crippen molar-refractivity contribution < 1.29 is 8.42 Å². The fraction of sp³-hybridized carbons (Fsp3) is 0.500. The van der Waals surface area contributed by atoms with E-state index in [0.29, 0.717) is 13.0 Å². The average molecular weight is 254 g/mol. The van der Waals surface area contributed by atoms with E-state index >= 15 is 0 Å². The van der Waals surface area contributed by atoms with E-state index in [1.54, 1.807) is 0 Å². The van der Waals surface area contributed by atoms with Crippen LogP contribution < -0.4 is 10.0 Å². The first kappa shape index (κ1) is 12.4. The summed E-state index contributed by atoms with van der Waals surface area (Å²) in [4.78, 5) is 0. The minimum atomic E-state index is -3.26. The van der Waals surface area contributed by atoms with Crippen molar-refractivity contribution >= 4 is 15.7 Å². The molecule has 4 nitrogen and oxygen atoms in total. The Hall–Kier alpha value is -1.07. The molecule has 17 heavy (non-hydrogen) atoms. The predicted molar refractivity (Wildman–Crippen MR) is 69.6 cm³/mol. The molecule has 1 fully saturated rings. The van der Waals surface area contributed by atoms with E-state index in [4.69, 9.17) is 5.73 Å². The van der Waals surface area contributed by atoms with Gasteiger partial charge in [0.2, 0.25) is 10.0 Å². The van der Waals surface area contributed by atoms with Gasteiger partial charge >= 0.3 is 0 Å². The summed E-state index contributed by atoms with van der Waals surface area (Å²) in [6.45, 7) is 4.63. The molecule has 1 aromatic carbocycles. The third-order valence-electron chi connectivity index (χ3n) is 3.28. The van der Waals surface area contributed by atoms with Crippen molar-refractivity contribution in [2.75, 3.05) is 17.4 Å². The first-order valence-corrected chi connectivity index (χ1v) is 7.26. The summed E-state index contributed by atoms with van der Waals surface area (Å²) in [7, 11) is -3.26. The zero-order valence-corrected chi connectivity index (χ0v) is 11.0. The number of hydrogen-bond donors (Lipinski definition) is 1. The highest BCUT2D eigenvalue weighted by atomic mass is 32.2. The van der Waals surface area contributed by atoms with Gasteiger partial charge in [-0.1, -0.05) is 12.1 Å². The molecule has 0 spiro atoms. The molecule has 1 aliphatic heterocycles. The largest absolute Gasteiger partial charge is 0.329 e. The number of hydrogen-bond acceptors (Lipinski definition) is 3. The second kappa shape index (κ2) is 4.31. The van der Waals surface area contributed by atoms with Crippen LogP contribution in [0.4, 0.5) is 5.69 Å². The Kier molecular flexibility index (Phi) is 3.14. The number of rotatable bonds is 2. The molecule has 1 aliphatic rings. The molecule has 94 valence electrons. The van der Waals surface area contributed by atoms with Crippen LogP contribution in [0.25, 0.3) is 0 Å². The van der Waals surface area contributed by atoms with Crippen molar-refractivity contribution in [2.24, 2.45) is 5.73 Å². The normalized spacial score (nSPS) is 23.0.